The molecule has 2 N–H and O–H groups in total. The van der Waals surface area contributed by atoms with E-state index in [1.54, 1.807) is 13.1 Å². The van der Waals surface area contributed by atoms with Crippen molar-refractivity contribution < 1.29 is 13.9 Å². The van der Waals surface area contributed by atoms with E-state index in [4.69, 9.17) is 9.84 Å². The molecule has 1 aromatic carbocycles. The van der Waals surface area contributed by atoms with Crippen molar-refractivity contribution in [1.29, 1.82) is 0 Å². The summed E-state index contributed by atoms with van der Waals surface area (Å²) in [5.41, 5.74) is 1.90. The SMILES string of the molecule is C[C@H](Oc1ccc(F)cc1)C(=O)NCCn1nc([C@H]2CCNC2)c2cccnc21. The van der Waals surface area contributed by atoms with E-state index in [2.05, 4.69) is 21.7 Å². The van der Waals surface area contributed by atoms with Crippen molar-refractivity contribution in [2.24, 2.45) is 0 Å². The number of nitrogens with one attached hydrogen (secondary N) is 2. The van der Waals surface area contributed by atoms with Crippen LogP contribution in [0.1, 0.15) is 25.0 Å². The Labute approximate surface area is 168 Å². The van der Waals surface area contributed by atoms with Gasteiger partial charge in [-0.2, -0.15) is 5.10 Å². The van der Waals surface area contributed by atoms with E-state index < -0.39 is 6.10 Å². The maximum Gasteiger partial charge on any atom is 0.260 e. The van der Waals surface area contributed by atoms with E-state index in [1.165, 1.54) is 24.3 Å². The Balaban J connectivity index is 1.37. The van der Waals surface area contributed by atoms with Gasteiger partial charge in [-0.3, -0.25) is 4.79 Å². The first-order chi connectivity index (χ1) is 14.1. The molecule has 1 amide bonds. The first-order valence-corrected chi connectivity index (χ1v) is 9.84. The fraction of sp³-hybridized carbons (Fsp3) is 0.381. The largest absolute Gasteiger partial charge is 0.481 e. The number of pyridine rings is 1. The first kappa shape index (κ1) is 19.3. The summed E-state index contributed by atoms with van der Waals surface area (Å²) in [6.45, 7) is 4.51. The van der Waals surface area contributed by atoms with Gasteiger partial charge in [0.1, 0.15) is 11.6 Å². The maximum atomic E-state index is 13.0. The number of fused-ring (bicyclic) bond motifs is 1. The van der Waals surface area contributed by atoms with Crippen molar-refractivity contribution >= 4 is 16.9 Å². The van der Waals surface area contributed by atoms with Crippen LogP contribution in [0.2, 0.25) is 0 Å². The number of hydrogen-bond donors (Lipinski definition) is 2. The first-order valence-electron chi connectivity index (χ1n) is 9.84. The molecule has 1 aliphatic heterocycles. The van der Waals surface area contributed by atoms with E-state index in [0.29, 0.717) is 24.8 Å². The lowest BCUT2D eigenvalue weighted by Gasteiger charge is -2.14. The second kappa shape index (κ2) is 8.57. The molecule has 0 saturated carbocycles. The number of aromatic nitrogens is 3. The summed E-state index contributed by atoms with van der Waals surface area (Å²) < 4.78 is 20.4. The minimum absolute atomic E-state index is 0.237. The van der Waals surface area contributed by atoms with Gasteiger partial charge in [0.25, 0.3) is 5.91 Å². The number of hydrogen-bond acceptors (Lipinski definition) is 5. The third-order valence-electron chi connectivity index (χ3n) is 5.10. The highest BCUT2D eigenvalue weighted by atomic mass is 19.1. The monoisotopic (exact) mass is 397 g/mol. The molecule has 1 saturated heterocycles. The zero-order chi connectivity index (χ0) is 20.2. The average Bonchev–Trinajstić information content (AvgIpc) is 3.38. The molecule has 8 heteroatoms. The van der Waals surface area contributed by atoms with Crippen LogP contribution in [0.15, 0.2) is 42.6 Å². The lowest BCUT2D eigenvalue weighted by Crippen LogP contribution is -2.38. The summed E-state index contributed by atoms with van der Waals surface area (Å²) in [7, 11) is 0. The van der Waals surface area contributed by atoms with Crippen LogP contribution in [0.25, 0.3) is 11.0 Å². The van der Waals surface area contributed by atoms with Crippen LogP contribution in [-0.4, -0.2) is 46.4 Å². The molecule has 29 heavy (non-hydrogen) atoms. The van der Waals surface area contributed by atoms with Crippen LogP contribution in [0.3, 0.4) is 0 Å². The van der Waals surface area contributed by atoms with Crippen LogP contribution in [-0.2, 0) is 11.3 Å². The Morgan fingerprint density at radius 1 is 1.38 bits per heavy atom. The fourth-order valence-corrected chi connectivity index (χ4v) is 3.58. The van der Waals surface area contributed by atoms with Crippen LogP contribution < -0.4 is 15.4 Å². The molecular weight excluding hydrogens is 373 g/mol. The van der Waals surface area contributed by atoms with Crippen molar-refractivity contribution in [3.05, 3.63) is 54.1 Å². The van der Waals surface area contributed by atoms with E-state index in [0.717, 1.165) is 36.2 Å². The van der Waals surface area contributed by atoms with Gasteiger partial charge in [0, 0.05) is 30.6 Å². The van der Waals surface area contributed by atoms with Crippen LogP contribution in [0.4, 0.5) is 4.39 Å². The van der Waals surface area contributed by atoms with Gasteiger partial charge in [-0.1, -0.05) is 0 Å². The Bertz CT molecular complexity index is 982. The van der Waals surface area contributed by atoms with Crippen LogP contribution >= 0.6 is 0 Å². The number of nitrogens with zero attached hydrogens (tertiary/aromatic N) is 3. The zero-order valence-electron chi connectivity index (χ0n) is 16.3. The topological polar surface area (TPSA) is 81.1 Å². The van der Waals surface area contributed by atoms with Gasteiger partial charge in [0.2, 0.25) is 0 Å². The summed E-state index contributed by atoms with van der Waals surface area (Å²) in [5.74, 6) is 0.258. The van der Waals surface area contributed by atoms with Crippen molar-refractivity contribution in [3.63, 3.8) is 0 Å². The van der Waals surface area contributed by atoms with Gasteiger partial charge >= 0.3 is 0 Å². The molecule has 1 aliphatic rings. The van der Waals surface area contributed by atoms with Crippen LogP contribution in [0, 0.1) is 5.82 Å². The average molecular weight is 397 g/mol. The van der Waals surface area contributed by atoms with Crippen molar-refractivity contribution in [3.8, 4) is 5.75 Å². The van der Waals surface area contributed by atoms with Gasteiger partial charge in [-0.15, -0.1) is 0 Å². The Hall–Kier alpha value is -3.00. The molecule has 1 fully saturated rings. The summed E-state index contributed by atoms with van der Waals surface area (Å²) in [6.07, 6.45) is 2.14. The number of carbonyl (C=O) groups is 1. The lowest BCUT2D eigenvalue weighted by atomic mass is 10.0. The minimum atomic E-state index is -0.687. The molecule has 7 nitrogen and oxygen atoms in total. The molecule has 3 heterocycles. The second-order valence-corrected chi connectivity index (χ2v) is 7.18. The van der Waals surface area contributed by atoms with E-state index in [1.807, 2.05) is 10.7 Å². The molecular formula is C21H24FN5O2. The minimum Gasteiger partial charge on any atom is -0.481 e. The molecule has 0 spiro atoms. The summed E-state index contributed by atoms with van der Waals surface area (Å²) >= 11 is 0. The van der Waals surface area contributed by atoms with Crippen LogP contribution in [0.5, 0.6) is 5.75 Å². The highest BCUT2D eigenvalue weighted by molar-refractivity contribution is 5.81. The molecule has 0 bridgehead atoms. The van der Waals surface area contributed by atoms with Gasteiger partial charge in [-0.05, 0) is 56.3 Å². The lowest BCUT2D eigenvalue weighted by molar-refractivity contribution is -0.127. The fourth-order valence-electron chi connectivity index (χ4n) is 3.58. The zero-order valence-corrected chi connectivity index (χ0v) is 16.3. The number of carbonyl (C=O) groups excluding carboxylic acids is 1. The number of ether oxygens (including phenoxy) is 1. The Kier molecular flexibility index (Phi) is 5.71. The predicted molar refractivity (Wildman–Crippen MR) is 107 cm³/mol. The normalized spacial score (nSPS) is 17.4. The maximum absolute atomic E-state index is 13.0. The predicted octanol–water partition coefficient (Wildman–Crippen LogP) is 2.23. The third kappa shape index (κ3) is 4.37. The van der Waals surface area contributed by atoms with E-state index in [-0.39, 0.29) is 11.7 Å². The molecule has 4 rings (SSSR count). The molecule has 3 aromatic rings. The quantitative estimate of drug-likeness (QED) is 0.639. The highest BCUT2D eigenvalue weighted by Crippen LogP contribution is 2.27. The Morgan fingerprint density at radius 2 is 2.21 bits per heavy atom. The van der Waals surface area contributed by atoms with Gasteiger partial charge < -0.3 is 15.4 Å². The van der Waals surface area contributed by atoms with Gasteiger partial charge in [0.05, 0.1) is 12.2 Å². The Morgan fingerprint density at radius 3 is 2.97 bits per heavy atom. The van der Waals surface area contributed by atoms with Crippen molar-refractivity contribution in [2.45, 2.75) is 31.9 Å². The van der Waals surface area contributed by atoms with E-state index in [9.17, 15) is 9.18 Å². The summed E-state index contributed by atoms with van der Waals surface area (Å²) in [5, 5.41) is 12.1. The van der Waals surface area contributed by atoms with E-state index >= 15 is 0 Å². The molecule has 0 aliphatic carbocycles. The standard InChI is InChI=1S/C21H24FN5O2/c1-14(29-17-6-4-16(22)5-7-17)21(28)25-11-12-27-20-18(3-2-9-24-20)19(26-27)15-8-10-23-13-15/h2-7,9,14-15,23H,8,10-13H2,1H3,(H,25,28)/t14-,15-/m0/s1. The number of halogens is 1. The van der Waals surface area contributed by atoms with Crippen molar-refractivity contribution in [1.82, 2.24) is 25.4 Å². The van der Waals surface area contributed by atoms with Gasteiger partial charge in [0.15, 0.2) is 11.8 Å². The number of benzene rings is 1. The summed E-state index contributed by atoms with van der Waals surface area (Å²) in [6, 6.07) is 9.58. The summed E-state index contributed by atoms with van der Waals surface area (Å²) in [4.78, 5) is 16.8. The smallest absolute Gasteiger partial charge is 0.260 e. The van der Waals surface area contributed by atoms with Gasteiger partial charge in [-0.25, -0.2) is 14.1 Å². The molecule has 0 radical (unpaired) electrons. The third-order valence-corrected chi connectivity index (χ3v) is 5.10. The number of amides is 1. The molecule has 152 valence electrons. The molecule has 2 aromatic heterocycles. The number of rotatable bonds is 7. The molecule has 2 atom stereocenters. The highest BCUT2D eigenvalue weighted by Gasteiger charge is 2.23. The second-order valence-electron chi connectivity index (χ2n) is 7.18. The van der Waals surface area contributed by atoms with Crippen molar-refractivity contribution in [2.75, 3.05) is 19.6 Å². The molecule has 0 unspecified atom stereocenters.